The minimum Gasteiger partial charge on any atom is -0.481 e. The lowest BCUT2D eigenvalue weighted by Gasteiger charge is -2.31. The molecule has 0 aromatic carbocycles. The van der Waals surface area contributed by atoms with Gasteiger partial charge in [0, 0.05) is 13.0 Å². The second-order valence-electron chi connectivity index (χ2n) is 14.7. The van der Waals surface area contributed by atoms with E-state index in [-0.39, 0.29) is 25.8 Å². The van der Waals surface area contributed by atoms with Crippen LogP contribution in [0.2, 0.25) is 0 Å². The molecule has 2 aliphatic heterocycles. The first-order valence-electron chi connectivity index (χ1n) is 18.8. The van der Waals surface area contributed by atoms with Crippen LogP contribution in [-0.2, 0) is 52.7 Å². The minimum absolute atomic E-state index is 0.0532. The monoisotopic (exact) mass is 808 g/mol. The highest BCUT2D eigenvalue weighted by atomic mass is 16.4. The van der Waals surface area contributed by atoms with Crippen LogP contribution in [0.4, 0.5) is 0 Å². The van der Waals surface area contributed by atoms with Gasteiger partial charge in [0.1, 0.15) is 48.3 Å². The minimum atomic E-state index is -1.76. The number of aliphatic carboxylic acids is 1. The van der Waals surface area contributed by atoms with Crippen LogP contribution in [0.1, 0.15) is 86.5 Å². The highest BCUT2D eigenvalue weighted by Gasteiger charge is 2.40. The second kappa shape index (κ2) is 21.5. The fourth-order valence-corrected chi connectivity index (χ4v) is 6.22. The zero-order valence-electron chi connectivity index (χ0n) is 33.0. The standard InChI is InChI=1S/C35H56N10O12/c1-7-16(4)27-34(56)42-21(14-25(48)49)31(53)39-18(6)35(57)45-12-8-9-22(45)32(54)41-20(13-24(37)47)30(52)38-17(5)28(50)43-26(15(2)3)33(55)40-19(29(51)44-27)10-11-23(36)46/h15-22,26-27H,7-14H2,1-6H3,(H2,36,46)(H2,37,47)(H,38,52)(H,39,53)(H,40,55)(H,41,54)(H,42,56)(H,43,50)(H,44,51)(H,48,49)/t16-,17-,18-,19-,20-,21-,22-,26-,27-/m0/s1. The average Bonchev–Trinajstić information content (AvgIpc) is 3.62. The molecule has 2 rings (SSSR count). The fourth-order valence-electron chi connectivity index (χ4n) is 6.22. The van der Waals surface area contributed by atoms with Crippen LogP contribution in [0, 0.1) is 11.8 Å². The molecule has 22 nitrogen and oxygen atoms in total. The van der Waals surface area contributed by atoms with Gasteiger partial charge < -0.3 is 58.7 Å². The number of rotatable bonds is 10. The highest BCUT2D eigenvalue weighted by Crippen LogP contribution is 2.19. The number of hydrogen-bond acceptors (Lipinski definition) is 11. The van der Waals surface area contributed by atoms with Gasteiger partial charge in [-0.1, -0.05) is 34.1 Å². The molecule has 0 aliphatic carbocycles. The Balaban J connectivity index is 2.64. The molecule has 0 radical (unpaired) electrons. The first-order valence-corrected chi connectivity index (χ1v) is 18.8. The second-order valence-corrected chi connectivity index (χ2v) is 14.7. The number of nitrogens with one attached hydrogen (secondary N) is 7. The first kappa shape index (κ1) is 47.3. The van der Waals surface area contributed by atoms with Gasteiger partial charge >= 0.3 is 5.97 Å². The molecule has 10 amide bonds. The van der Waals surface area contributed by atoms with E-state index >= 15 is 0 Å². The highest BCUT2D eigenvalue weighted by molar-refractivity contribution is 6.00. The quantitative estimate of drug-likeness (QED) is 0.100. The lowest BCUT2D eigenvalue weighted by Crippen LogP contribution is -2.62. The lowest BCUT2D eigenvalue weighted by molar-refractivity contribution is -0.144. The van der Waals surface area contributed by atoms with Gasteiger partial charge in [0.2, 0.25) is 59.1 Å². The van der Waals surface area contributed by atoms with Gasteiger partial charge in [0.15, 0.2) is 0 Å². The molecular weight excluding hydrogens is 752 g/mol. The maximum Gasteiger partial charge on any atom is 0.305 e. The van der Waals surface area contributed by atoms with Crippen molar-refractivity contribution in [3.05, 3.63) is 0 Å². The number of fused-ring (bicyclic) bond motifs is 1. The topological polar surface area (TPSA) is 347 Å². The number of nitrogens with two attached hydrogens (primary N) is 2. The third kappa shape index (κ3) is 14.0. The van der Waals surface area contributed by atoms with E-state index < -0.39 is 138 Å². The fraction of sp³-hybridized carbons (Fsp3) is 0.686. The maximum atomic E-state index is 13.7. The van der Waals surface area contributed by atoms with E-state index in [1.165, 1.54) is 13.8 Å². The molecule has 0 aromatic heterocycles. The Hall–Kier alpha value is -5.83. The van der Waals surface area contributed by atoms with Crippen LogP contribution >= 0.6 is 0 Å². The van der Waals surface area contributed by atoms with Gasteiger partial charge in [-0.15, -0.1) is 0 Å². The summed E-state index contributed by atoms with van der Waals surface area (Å²) in [6.45, 7) is 9.03. The number of carbonyl (C=O) groups is 11. The van der Waals surface area contributed by atoms with Crippen molar-refractivity contribution in [1.82, 2.24) is 42.1 Å². The molecule has 318 valence electrons. The molecule has 12 N–H and O–H groups in total. The van der Waals surface area contributed by atoms with Crippen LogP contribution in [-0.4, -0.2) is 130 Å². The molecule has 2 aliphatic rings. The van der Waals surface area contributed by atoms with Crippen molar-refractivity contribution in [2.45, 2.75) is 135 Å². The van der Waals surface area contributed by atoms with Crippen LogP contribution in [0.5, 0.6) is 0 Å². The molecule has 22 heteroatoms. The smallest absolute Gasteiger partial charge is 0.305 e. The molecule has 0 aromatic rings. The van der Waals surface area contributed by atoms with Crippen LogP contribution in [0.15, 0.2) is 0 Å². The molecule has 0 unspecified atom stereocenters. The van der Waals surface area contributed by atoms with Gasteiger partial charge in [-0.2, -0.15) is 0 Å². The molecule has 0 bridgehead atoms. The van der Waals surface area contributed by atoms with Crippen molar-refractivity contribution in [2.24, 2.45) is 23.3 Å². The zero-order valence-corrected chi connectivity index (χ0v) is 33.0. The van der Waals surface area contributed by atoms with Gasteiger partial charge in [-0.3, -0.25) is 52.7 Å². The van der Waals surface area contributed by atoms with Crippen LogP contribution in [0.25, 0.3) is 0 Å². The zero-order chi connectivity index (χ0) is 43.3. The number of hydrogen-bond donors (Lipinski definition) is 10. The average molecular weight is 809 g/mol. The molecule has 0 saturated carbocycles. The number of nitrogens with zero attached hydrogens (tertiary/aromatic N) is 1. The summed E-state index contributed by atoms with van der Waals surface area (Å²) in [6.07, 6.45) is -1.60. The molecule has 57 heavy (non-hydrogen) atoms. The number of primary amides is 2. The van der Waals surface area contributed by atoms with Crippen molar-refractivity contribution < 1.29 is 57.8 Å². The van der Waals surface area contributed by atoms with Crippen molar-refractivity contribution in [3.8, 4) is 0 Å². The van der Waals surface area contributed by atoms with Gasteiger partial charge in [-0.25, -0.2) is 0 Å². The Labute approximate surface area is 329 Å². The van der Waals surface area contributed by atoms with Crippen molar-refractivity contribution >= 4 is 65.0 Å². The predicted octanol–water partition coefficient (Wildman–Crippen LogP) is -4.26. The van der Waals surface area contributed by atoms with Gasteiger partial charge in [0.25, 0.3) is 0 Å². The summed E-state index contributed by atoms with van der Waals surface area (Å²) in [5.41, 5.74) is 10.7. The predicted molar refractivity (Wildman–Crippen MR) is 198 cm³/mol. The largest absolute Gasteiger partial charge is 0.481 e. The van der Waals surface area contributed by atoms with Crippen molar-refractivity contribution in [2.75, 3.05) is 6.54 Å². The summed E-state index contributed by atoms with van der Waals surface area (Å²) in [7, 11) is 0. The Morgan fingerprint density at radius 1 is 0.667 bits per heavy atom. The van der Waals surface area contributed by atoms with E-state index in [4.69, 9.17) is 11.5 Å². The first-order chi connectivity index (χ1) is 26.6. The third-order valence-electron chi connectivity index (χ3n) is 9.72. The summed E-state index contributed by atoms with van der Waals surface area (Å²) in [6, 6.07) is -11.5. The van der Waals surface area contributed by atoms with E-state index in [2.05, 4.69) is 37.2 Å². The Morgan fingerprint density at radius 2 is 1.18 bits per heavy atom. The maximum absolute atomic E-state index is 13.7. The van der Waals surface area contributed by atoms with Gasteiger partial charge in [0.05, 0.1) is 12.8 Å². The Morgan fingerprint density at radius 3 is 1.72 bits per heavy atom. The van der Waals surface area contributed by atoms with Gasteiger partial charge in [-0.05, 0) is 44.9 Å². The summed E-state index contributed by atoms with van der Waals surface area (Å²) < 4.78 is 0. The lowest BCUT2D eigenvalue weighted by atomic mass is 9.96. The summed E-state index contributed by atoms with van der Waals surface area (Å²) in [5.74, 6) is -11.9. The van der Waals surface area contributed by atoms with E-state index in [0.29, 0.717) is 12.8 Å². The molecule has 0 spiro atoms. The Kier molecular flexibility index (Phi) is 17.8. The summed E-state index contributed by atoms with van der Waals surface area (Å²) in [5, 5.41) is 26.6. The Bertz CT molecular complexity index is 1590. The number of carboxylic acids is 1. The molecule has 2 fully saturated rings. The van der Waals surface area contributed by atoms with E-state index in [1.807, 2.05) is 0 Å². The van der Waals surface area contributed by atoms with E-state index in [9.17, 15) is 57.8 Å². The molecule has 9 atom stereocenters. The summed E-state index contributed by atoms with van der Waals surface area (Å²) >= 11 is 0. The van der Waals surface area contributed by atoms with Crippen molar-refractivity contribution in [3.63, 3.8) is 0 Å². The van der Waals surface area contributed by atoms with Crippen molar-refractivity contribution in [1.29, 1.82) is 0 Å². The molecular formula is C35H56N10O12. The SMILES string of the molecule is CC[C@H](C)[C@@H]1NC(=O)[C@H](CCC(N)=O)NC(=O)[C@H](C(C)C)NC(=O)[C@H](C)NC(=O)[C@H](CC(N)=O)NC(=O)[C@@H]2CCCN2C(=O)[C@H](C)NC(=O)[C@H](CC(=O)O)NC1=O. The van der Waals surface area contributed by atoms with E-state index in [0.717, 1.165) is 4.90 Å². The van der Waals surface area contributed by atoms with Crippen LogP contribution in [0.3, 0.4) is 0 Å². The number of carbonyl (C=O) groups excluding carboxylic acids is 10. The molecule has 2 saturated heterocycles. The number of amides is 10. The van der Waals surface area contributed by atoms with E-state index in [1.54, 1.807) is 27.7 Å². The van der Waals surface area contributed by atoms with Crippen LogP contribution < -0.4 is 48.7 Å². The third-order valence-corrected chi connectivity index (χ3v) is 9.72. The summed E-state index contributed by atoms with van der Waals surface area (Å²) in [4.78, 5) is 145. The number of carboxylic acid groups (broad SMARTS) is 1. The molecule has 2 heterocycles. The normalized spacial score (nSPS) is 28.3.